The van der Waals surface area contributed by atoms with E-state index in [1.165, 1.54) is 0 Å². The Labute approximate surface area is 101 Å². The van der Waals surface area contributed by atoms with Gasteiger partial charge in [-0.15, -0.1) is 0 Å². The highest BCUT2D eigenvalue weighted by Gasteiger charge is 2.26. The molecule has 0 bridgehead atoms. The molecule has 17 heavy (non-hydrogen) atoms. The molecule has 1 saturated heterocycles. The van der Waals surface area contributed by atoms with Gasteiger partial charge in [-0.3, -0.25) is 25.0 Å². The molecule has 0 aromatic rings. The Hall–Kier alpha value is -1.43. The van der Waals surface area contributed by atoms with Crippen LogP contribution in [0.2, 0.25) is 0 Å². The van der Waals surface area contributed by atoms with Crippen LogP contribution < -0.4 is 16.0 Å². The average Bonchev–Trinajstić information content (AvgIpc) is 2.27. The van der Waals surface area contributed by atoms with Crippen LogP contribution in [0, 0.1) is 0 Å². The minimum absolute atomic E-state index is 0.0939. The predicted octanol–water partition coefficient (Wildman–Crippen LogP) is -0.704. The molecule has 3 N–H and O–H groups in total. The van der Waals surface area contributed by atoms with Crippen LogP contribution in [0.1, 0.15) is 33.1 Å². The van der Waals surface area contributed by atoms with Gasteiger partial charge in [0.1, 0.15) is 0 Å². The Kier molecular flexibility index (Phi) is 5.09. The summed E-state index contributed by atoms with van der Waals surface area (Å²) in [5.74, 6) is -0.737. The number of piperidine rings is 1. The molecule has 96 valence electrons. The second-order valence-electron chi connectivity index (χ2n) is 4.26. The smallest absolute Gasteiger partial charge is 0.243 e. The minimum Gasteiger partial charge on any atom is -0.353 e. The van der Waals surface area contributed by atoms with Gasteiger partial charge in [0, 0.05) is 12.5 Å². The van der Waals surface area contributed by atoms with Gasteiger partial charge in [-0.1, -0.05) is 6.92 Å². The summed E-state index contributed by atoms with van der Waals surface area (Å²) in [5, 5.41) is 7.87. The van der Waals surface area contributed by atoms with Crippen molar-refractivity contribution in [2.75, 3.05) is 6.54 Å². The van der Waals surface area contributed by atoms with Crippen molar-refractivity contribution in [2.24, 2.45) is 0 Å². The summed E-state index contributed by atoms with van der Waals surface area (Å²) in [7, 11) is 0. The highest BCUT2D eigenvalue weighted by atomic mass is 16.2. The van der Waals surface area contributed by atoms with Crippen LogP contribution in [0.25, 0.3) is 0 Å². The van der Waals surface area contributed by atoms with E-state index in [0.717, 1.165) is 6.42 Å². The number of amides is 3. The van der Waals surface area contributed by atoms with Gasteiger partial charge >= 0.3 is 0 Å². The third-order valence-electron chi connectivity index (χ3n) is 2.77. The predicted molar refractivity (Wildman–Crippen MR) is 62.1 cm³/mol. The number of hydrogen-bond donors (Lipinski definition) is 3. The van der Waals surface area contributed by atoms with Crippen LogP contribution >= 0.6 is 0 Å². The van der Waals surface area contributed by atoms with Crippen LogP contribution in [0.4, 0.5) is 0 Å². The maximum atomic E-state index is 11.5. The van der Waals surface area contributed by atoms with Crippen molar-refractivity contribution < 1.29 is 14.4 Å². The molecular weight excluding hydrogens is 222 g/mol. The molecule has 1 fully saturated rings. The van der Waals surface area contributed by atoms with Crippen molar-refractivity contribution in [3.8, 4) is 0 Å². The molecular formula is C11H19N3O3. The van der Waals surface area contributed by atoms with Crippen molar-refractivity contribution in [3.05, 3.63) is 0 Å². The Morgan fingerprint density at radius 3 is 2.82 bits per heavy atom. The maximum absolute atomic E-state index is 11.5. The lowest BCUT2D eigenvalue weighted by Gasteiger charge is -2.22. The van der Waals surface area contributed by atoms with Crippen LogP contribution in [-0.2, 0) is 14.4 Å². The lowest BCUT2D eigenvalue weighted by molar-refractivity contribution is -0.134. The third kappa shape index (κ3) is 4.52. The van der Waals surface area contributed by atoms with E-state index in [9.17, 15) is 14.4 Å². The highest BCUT2D eigenvalue weighted by Crippen LogP contribution is 2.03. The van der Waals surface area contributed by atoms with E-state index in [1.54, 1.807) is 0 Å². The quantitative estimate of drug-likeness (QED) is 0.555. The first-order valence-corrected chi connectivity index (χ1v) is 5.89. The summed E-state index contributed by atoms with van der Waals surface area (Å²) in [6.45, 7) is 4.00. The molecule has 0 radical (unpaired) electrons. The third-order valence-corrected chi connectivity index (χ3v) is 2.77. The minimum atomic E-state index is -0.449. The van der Waals surface area contributed by atoms with Crippen molar-refractivity contribution in [2.45, 2.75) is 45.2 Å². The van der Waals surface area contributed by atoms with Gasteiger partial charge in [-0.25, -0.2) is 0 Å². The molecule has 1 aliphatic heterocycles. The summed E-state index contributed by atoms with van der Waals surface area (Å²) >= 11 is 0. The molecule has 1 heterocycles. The first-order chi connectivity index (χ1) is 8.02. The summed E-state index contributed by atoms with van der Waals surface area (Å²) in [6, 6.07) is -0.318. The number of nitrogens with one attached hydrogen (secondary N) is 3. The van der Waals surface area contributed by atoms with Gasteiger partial charge in [0.25, 0.3) is 0 Å². The van der Waals surface area contributed by atoms with E-state index in [4.69, 9.17) is 0 Å². The lowest BCUT2D eigenvalue weighted by Crippen LogP contribution is -2.53. The zero-order valence-corrected chi connectivity index (χ0v) is 10.2. The molecule has 6 heteroatoms. The number of carbonyl (C=O) groups excluding carboxylic acids is 3. The number of rotatable bonds is 5. The molecule has 0 spiro atoms. The van der Waals surface area contributed by atoms with Crippen molar-refractivity contribution >= 4 is 17.7 Å². The van der Waals surface area contributed by atoms with E-state index >= 15 is 0 Å². The molecule has 0 aliphatic carbocycles. The van der Waals surface area contributed by atoms with E-state index in [2.05, 4.69) is 16.0 Å². The van der Waals surface area contributed by atoms with Crippen molar-refractivity contribution in [1.29, 1.82) is 0 Å². The summed E-state index contributed by atoms with van der Waals surface area (Å²) in [4.78, 5) is 33.7. The number of imide groups is 1. The second kappa shape index (κ2) is 6.34. The Balaban J connectivity index is 2.28. The first kappa shape index (κ1) is 13.6. The fourth-order valence-electron chi connectivity index (χ4n) is 1.53. The lowest BCUT2D eigenvalue weighted by atomic mass is 10.1. The molecule has 6 nitrogen and oxygen atoms in total. The Morgan fingerprint density at radius 2 is 2.24 bits per heavy atom. The van der Waals surface area contributed by atoms with Crippen LogP contribution in [0.15, 0.2) is 0 Å². The summed E-state index contributed by atoms with van der Waals surface area (Å²) < 4.78 is 0. The van der Waals surface area contributed by atoms with Gasteiger partial charge in [0.05, 0.1) is 12.6 Å². The Morgan fingerprint density at radius 1 is 1.53 bits per heavy atom. The van der Waals surface area contributed by atoms with E-state index in [1.807, 2.05) is 13.8 Å². The largest absolute Gasteiger partial charge is 0.353 e. The Bertz CT molecular complexity index is 317. The van der Waals surface area contributed by atoms with Crippen LogP contribution in [-0.4, -0.2) is 36.3 Å². The molecule has 1 rings (SSSR count). The fourth-order valence-corrected chi connectivity index (χ4v) is 1.53. The highest BCUT2D eigenvalue weighted by molar-refractivity contribution is 6.00. The SMILES string of the molecule is CCC(C)NC(=O)CNC1CCC(=O)NC1=O. The zero-order valence-electron chi connectivity index (χ0n) is 10.2. The molecule has 2 unspecified atom stereocenters. The monoisotopic (exact) mass is 241 g/mol. The molecule has 0 aromatic heterocycles. The maximum Gasteiger partial charge on any atom is 0.243 e. The number of hydrogen-bond acceptors (Lipinski definition) is 4. The van der Waals surface area contributed by atoms with E-state index in [-0.39, 0.29) is 30.3 Å². The summed E-state index contributed by atoms with van der Waals surface area (Å²) in [6.07, 6.45) is 1.63. The standard InChI is InChI=1S/C11H19N3O3/c1-3-7(2)13-10(16)6-12-8-4-5-9(15)14-11(8)17/h7-8,12H,3-6H2,1-2H3,(H,13,16)(H,14,15,17). The van der Waals surface area contributed by atoms with Gasteiger partial charge in [0.2, 0.25) is 17.7 Å². The van der Waals surface area contributed by atoms with Gasteiger partial charge < -0.3 is 5.32 Å². The zero-order chi connectivity index (χ0) is 12.8. The first-order valence-electron chi connectivity index (χ1n) is 5.89. The normalized spacial score (nSPS) is 21.9. The molecule has 0 saturated carbocycles. The van der Waals surface area contributed by atoms with Crippen molar-refractivity contribution in [1.82, 2.24) is 16.0 Å². The molecule has 3 amide bonds. The average molecular weight is 241 g/mol. The van der Waals surface area contributed by atoms with E-state index in [0.29, 0.717) is 12.8 Å². The van der Waals surface area contributed by atoms with Gasteiger partial charge in [0.15, 0.2) is 0 Å². The topological polar surface area (TPSA) is 87.3 Å². The van der Waals surface area contributed by atoms with Gasteiger partial charge in [-0.2, -0.15) is 0 Å². The van der Waals surface area contributed by atoms with Crippen LogP contribution in [0.5, 0.6) is 0 Å². The fraction of sp³-hybridized carbons (Fsp3) is 0.727. The number of carbonyl (C=O) groups is 3. The van der Waals surface area contributed by atoms with Crippen molar-refractivity contribution in [3.63, 3.8) is 0 Å². The summed E-state index contributed by atoms with van der Waals surface area (Å²) in [5.41, 5.74) is 0. The molecule has 1 aliphatic rings. The van der Waals surface area contributed by atoms with Crippen LogP contribution in [0.3, 0.4) is 0 Å². The second-order valence-corrected chi connectivity index (χ2v) is 4.26. The van der Waals surface area contributed by atoms with E-state index < -0.39 is 6.04 Å². The molecule has 0 aromatic carbocycles. The van der Waals surface area contributed by atoms with Gasteiger partial charge in [-0.05, 0) is 19.8 Å². The molecule has 2 atom stereocenters.